The molecular formula is C8H14N2S. The molecule has 0 bridgehead atoms. The van der Waals surface area contributed by atoms with Gasteiger partial charge in [0.2, 0.25) is 0 Å². The first-order chi connectivity index (χ1) is 5.34. The van der Waals surface area contributed by atoms with Gasteiger partial charge in [0.05, 0.1) is 0 Å². The molecule has 0 aliphatic heterocycles. The lowest BCUT2D eigenvalue weighted by molar-refractivity contribution is 0.787. The molecular weight excluding hydrogens is 156 g/mol. The Morgan fingerprint density at radius 1 is 1.64 bits per heavy atom. The van der Waals surface area contributed by atoms with E-state index in [-0.39, 0.29) is 0 Å². The van der Waals surface area contributed by atoms with E-state index in [2.05, 4.69) is 16.5 Å². The molecule has 1 aromatic rings. The molecule has 0 spiro atoms. The highest BCUT2D eigenvalue weighted by Crippen LogP contribution is 2.15. The fraction of sp³-hybridized carbons (Fsp3) is 0.625. The van der Waals surface area contributed by atoms with Gasteiger partial charge in [-0.25, -0.2) is 4.98 Å². The molecule has 0 amide bonds. The van der Waals surface area contributed by atoms with Crippen molar-refractivity contribution in [2.24, 2.45) is 7.05 Å². The number of imidazole rings is 1. The van der Waals surface area contributed by atoms with Crippen molar-refractivity contribution in [1.82, 2.24) is 9.55 Å². The Morgan fingerprint density at radius 2 is 2.45 bits per heavy atom. The molecule has 62 valence electrons. The van der Waals surface area contributed by atoms with Crippen LogP contribution >= 0.6 is 11.8 Å². The van der Waals surface area contributed by atoms with Crippen molar-refractivity contribution >= 4 is 11.8 Å². The first-order valence-corrected chi connectivity index (χ1v) is 4.93. The minimum Gasteiger partial charge on any atom is -0.329 e. The maximum atomic E-state index is 4.21. The molecule has 0 unspecified atom stereocenters. The molecule has 2 nitrogen and oxygen atoms in total. The summed E-state index contributed by atoms with van der Waals surface area (Å²) < 4.78 is 2.06. The number of hydrogen-bond donors (Lipinski definition) is 0. The van der Waals surface area contributed by atoms with Gasteiger partial charge < -0.3 is 4.57 Å². The summed E-state index contributed by atoms with van der Waals surface area (Å²) in [7, 11) is 2.03. The molecule has 1 heterocycles. The Morgan fingerprint density at radius 3 is 3.00 bits per heavy atom. The highest BCUT2D eigenvalue weighted by atomic mass is 32.2. The van der Waals surface area contributed by atoms with Crippen LogP contribution in [0.3, 0.4) is 0 Å². The SMILES string of the molecule is CCCCSc1nccn1C. The van der Waals surface area contributed by atoms with Gasteiger partial charge >= 0.3 is 0 Å². The van der Waals surface area contributed by atoms with Crippen molar-refractivity contribution in [2.45, 2.75) is 24.9 Å². The van der Waals surface area contributed by atoms with Gasteiger partial charge in [-0.05, 0) is 6.42 Å². The Kier molecular flexibility index (Phi) is 3.49. The molecule has 0 atom stereocenters. The van der Waals surface area contributed by atoms with Gasteiger partial charge in [0.15, 0.2) is 5.16 Å². The third kappa shape index (κ3) is 2.58. The molecule has 0 N–H and O–H groups in total. The van der Waals surface area contributed by atoms with Crippen LogP contribution < -0.4 is 0 Å². The number of thioether (sulfide) groups is 1. The van der Waals surface area contributed by atoms with Crippen LogP contribution in [0, 0.1) is 0 Å². The van der Waals surface area contributed by atoms with Gasteiger partial charge in [-0.2, -0.15) is 0 Å². The van der Waals surface area contributed by atoms with E-state index < -0.39 is 0 Å². The zero-order valence-corrected chi connectivity index (χ0v) is 7.90. The van der Waals surface area contributed by atoms with Crippen LogP contribution in [0.2, 0.25) is 0 Å². The summed E-state index contributed by atoms with van der Waals surface area (Å²) in [6.07, 6.45) is 6.36. The predicted octanol–water partition coefficient (Wildman–Crippen LogP) is 2.31. The standard InChI is InChI=1S/C8H14N2S/c1-3-4-7-11-8-9-5-6-10(8)2/h5-6H,3-4,7H2,1-2H3. The summed E-state index contributed by atoms with van der Waals surface area (Å²) in [5, 5.41) is 1.12. The van der Waals surface area contributed by atoms with E-state index in [9.17, 15) is 0 Å². The van der Waals surface area contributed by atoms with E-state index in [1.807, 2.05) is 31.2 Å². The second kappa shape index (κ2) is 4.44. The minimum atomic E-state index is 1.12. The summed E-state index contributed by atoms with van der Waals surface area (Å²) in [5.41, 5.74) is 0. The maximum Gasteiger partial charge on any atom is 0.167 e. The van der Waals surface area contributed by atoms with E-state index in [1.54, 1.807) is 0 Å². The van der Waals surface area contributed by atoms with E-state index in [1.165, 1.54) is 18.6 Å². The van der Waals surface area contributed by atoms with Crippen LogP contribution in [0.1, 0.15) is 19.8 Å². The molecule has 1 aromatic heterocycles. The number of unbranched alkanes of at least 4 members (excludes halogenated alkanes) is 1. The topological polar surface area (TPSA) is 17.8 Å². The molecule has 3 heteroatoms. The Labute approximate surface area is 72.0 Å². The number of aryl methyl sites for hydroxylation is 1. The van der Waals surface area contributed by atoms with Gasteiger partial charge in [0.25, 0.3) is 0 Å². The minimum absolute atomic E-state index is 1.12. The quantitative estimate of drug-likeness (QED) is 0.510. The number of hydrogen-bond acceptors (Lipinski definition) is 2. The van der Waals surface area contributed by atoms with Crippen molar-refractivity contribution in [1.29, 1.82) is 0 Å². The maximum absolute atomic E-state index is 4.21. The van der Waals surface area contributed by atoms with Gasteiger partial charge in [0.1, 0.15) is 0 Å². The van der Waals surface area contributed by atoms with Crippen LogP contribution in [-0.4, -0.2) is 15.3 Å². The second-order valence-electron chi connectivity index (χ2n) is 2.52. The van der Waals surface area contributed by atoms with Crippen molar-refractivity contribution in [3.05, 3.63) is 12.4 Å². The van der Waals surface area contributed by atoms with Gasteiger partial charge in [0, 0.05) is 25.2 Å². The average molecular weight is 170 g/mol. The van der Waals surface area contributed by atoms with E-state index in [0.29, 0.717) is 0 Å². The number of aromatic nitrogens is 2. The molecule has 0 aliphatic rings. The van der Waals surface area contributed by atoms with E-state index in [0.717, 1.165) is 5.16 Å². The largest absolute Gasteiger partial charge is 0.329 e. The zero-order valence-electron chi connectivity index (χ0n) is 7.08. The van der Waals surface area contributed by atoms with E-state index in [4.69, 9.17) is 0 Å². The molecule has 0 saturated heterocycles. The smallest absolute Gasteiger partial charge is 0.167 e. The highest BCUT2D eigenvalue weighted by molar-refractivity contribution is 7.99. The Hall–Kier alpha value is -0.440. The normalized spacial score (nSPS) is 10.4. The molecule has 1 rings (SSSR count). The molecule has 0 aliphatic carbocycles. The average Bonchev–Trinajstić information content (AvgIpc) is 2.37. The lowest BCUT2D eigenvalue weighted by Crippen LogP contribution is -1.89. The van der Waals surface area contributed by atoms with Gasteiger partial charge in [-0.1, -0.05) is 25.1 Å². The lowest BCUT2D eigenvalue weighted by Gasteiger charge is -1.98. The monoisotopic (exact) mass is 170 g/mol. The molecule has 0 radical (unpaired) electrons. The summed E-state index contributed by atoms with van der Waals surface area (Å²) in [6.45, 7) is 2.21. The molecule has 0 fully saturated rings. The molecule has 0 aromatic carbocycles. The Balaban J connectivity index is 2.32. The number of nitrogens with zero attached hydrogens (tertiary/aromatic N) is 2. The number of rotatable bonds is 4. The van der Waals surface area contributed by atoms with Crippen LogP contribution in [0.5, 0.6) is 0 Å². The van der Waals surface area contributed by atoms with Gasteiger partial charge in [-0.15, -0.1) is 0 Å². The summed E-state index contributed by atoms with van der Waals surface area (Å²) in [5.74, 6) is 1.18. The zero-order chi connectivity index (χ0) is 8.10. The molecule has 0 saturated carbocycles. The van der Waals surface area contributed by atoms with Crippen LogP contribution in [0.4, 0.5) is 0 Å². The lowest BCUT2D eigenvalue weighted by atomic mass is 10.4. The third-order valence-corrected chi connectivity index (χ3v) is 2.65. The van der Waals surface area contributed by atoms with Crippen LogP contribution in [0.25, 0.3) is 0 Å². The van der Waals surface area contributed by atoms with Crippen molar-refractivity contribution < 1.29 is 0 Å². The molecule has 11 heavy (non-hydrogen) atoms. The second-order valence-corrected chi connectivity index (χ2v) is 3.58. The van der Waals surface area contributed by atoms with Crippen molar-refractivity contribution in [3.63, 3.8) is 0 Å². The third-order valence-electron chi connectivity index (χ3n) is 1.51. The van der Waals surface area contributed by atoms with Crippen LogP contribution in [0.15, 0.2) is 17.6 Å². The first-order valence-electron chi connectivity index (χ1n) is 3.94. The fourth-order valence-electron chi connectivity index (χ4n) is 0.799. The van der Waals surface area contributed by atoms with Gasteiger partial charge in [-0.3, -0.25) is 0 Å². The summed E-state index contributed by atoms with van der Waals surface area (Å²) in [6, 6.07) is 0. The van der Waals surface area contributed by atoms with Crippen molar-refractivity contribution in [3.8, 4) is 0 Å². The summed E-state index contributed by atoms with van der Waals surface area (Å²) in [4.78, 5) is 4.21. The first kappa shape index (κ1) is 8.65. The predicted molar refractivity (Wildman–Crippen MR) is 48.8 cm³/mol. The fourth-order valence-corrected chi connectivity index (χ4v) is 1.81. The summed E-state index contributed by atoms with van der Waals surface area (Å²) >= 11 is 1.83. The van der Waals surface area contributed by atoms with Crippen molar-refractivity contribution in [2.75, 3.05) is 5.75 Å². The van der Waals surface area contributed by atoms with Crippen LogP contribution in [-0.2, 0) is 7.05 Å². The Bertz CT molecular complexity index is 208. The highest BCUT2D eigenvalue weighted by Gasteiger charge is 1.97. The van der Waals surface area contributed by atoms with E-state index >= 15 is 0 Å².